The fraction of sp³-hybridized carbons (Fsp3) is 0.600. The zero-order chi connectivity index (χ0) is 17.6. The largest absolute Gasteiger partial charge is 0.493 e. The topological polar surface area (TPSA) is 68.5 Å². The van der Waals surface area contributed by atoms with E-state index in [9.17, 15) is 4.79 Å². The van der Waals surface area contributed by atoms with Crippen molar-refractivity contribution in [1.82, 2.24) is 0 Å². The molecule has 25 heavy (non-hydrogen) atoms. The molecular weight excluding hydrogens is 318 g/mol. The summed E-state index contributed by atoms with van der Waals surface area (Å²) < 4.78 is 16.1. The van der Waals surface area contributed by atoms with Crippen LogP contribution in [0.2, 0.25) is 0 Å². The van der Waals surface area contributed by atoms with Gasteiger partial charge in [0.1, 0.15) is 0 Å². The van der Waals surface area contributed by atoms with Gasteiger partial charge in [-0.2, -0.15) is 0 Å². The number of ether oxygens (including phenoxy) is 3. The summed E-state index contributed by atoms with van der Waals surface area (Å²) in [4.78, 5) is 11.7. The maximum Gasteiger partial charge on any atom is 0.324 e. The molecule has 2 aliphatic carbocycles. The van der Waals surface area contributed by atoms with Crippen molar-refractivity contribution >= 4 is 5.97 Å². The summed E-state index contributed by atoms with van der Waals surface area (Å²) in [7, 11) is 1.67. The first kappa shape index (κ1) is 17.6. The van der Waals surface area contributed by atoms with Gasteiger partial charge >= 0.3 is 5.97 Å². The standard InChI is InChI=1S/C20H25NO4/c1-23-18-11-10-16(12-19(18)25-17-4-2-3-5-17)14-6-8-15(9-7-14)20(22)24-13-21/h10-12,14-15,17H,2-9H2,1H3/t14-,15+. The number of hydrogen-bond donors (Lipinski definition) is 0. The molecule has 1 aromatic carbocycles. The van der Waals surface area contributed by atoms with Crippen LogP contribution in [-0.4, -0.2) is 19.2 Å². The van der Waals surface area contributed by atoms with Gasteiger partial charge in [-0.3, -0.25) is 4.79 Å². The molecule has 0 atom stereocenters. The summed E-state index contributed by atoms with van der Waals surface area (Å²) in [5.74, 6) is 1.48. The predicted molar refractivity (Wildman–Crippen MR) is 92.3 cm³/mol. The number of methoxy groups -OCH3 is 1. The van der Waals surface area contributed by atoms with Crippen molar-refractivity contribution in [1.29, 1.82) is 5.26 Å². The van der Waals surface area contributed by atoms with Crippen molar-refractivity contribution in [2.45, 2.75) is 63.4 Å². The normalized spacial score (nSPS) is 23.7. The molecule has 0 N–H and O–H groups in total. The minimum atomic E-state index is -0.388. The predicted octanol–water partition coefficient (Wildman–Crippen LogP) is 4.31. The van der Waals surface area contributed by atoms with Crippen LogP contribution >= 0.6 is 0 Å². The Kier molecular flexibility index (Phi) is 5.80. The van der Waals surface area contributed by atoms with E-state index < -0.39 is 0 Å². The average Bonchev–Trinajstić information content (AvgIpc) is 3.15. The van der Waals surface area contributed by atoms with Gasteiger partial charge in [-0.1, -0.05) is 6.07 Å². The van der Waals surface area contributed by atoms with E-state index >= 15 is 0 Å². The van der Waals surface area contributed by atoms with Gasteiger partial charge in [-0.25, -0.2) is 0 Å². The van der Waals surface area contributed by atoms with E-state index in [2.05, 4.69) is 16.9 Å². The van der Waals surface area contributed by atoms with Crippen LogP contribution in [0.3, 0.4) is 0 Å². The van der Waals surface area contributed by atoms with E-state index in [-0.39, 0.29) is 11.9 Å². The Bertz CT molecular complexity index is 638. The molecule has 0 unspecified atom stereocenters. The van der Waals surface area contributed by atoms with Crippen molar-refractivity contribution in [2.75, 3.05) is 7.11 Å². The van der Waals surface area contributed by atoms with Crippen molar-refractivity contribution in [3.63, 3.8) is 0 Å². The van der Waals surface area contributed by atoms with Crippen molar-refractivity contribution < 1.29 is 19.0 Å². The van der Waals surface area contributed by atoms with E-state index in [1.807, 2.05) is 6.07 Å². The molecule has 2 saturated carbocycles. The number of carbonyl (C=O) groups is 1. The van der Waals surface area contributed by atoms with Gasteiger partial charge in [0.05, 0.1) is 19.1 Å². The molecule has 134 valence electrons. The second-order valence-electron chi connectivity index (χ2n) is 7.00. The summed E-state index contributed by atoms with van der Waals surface area (Å²) in [6, 6.07) is 6.18. The molecule has 0 saturated heterocycles. The smallest absolute Gasteiger partial charge is 0.324 e. The highest BCUT2D eigenvalue weighted by molar-refractivity contribution is 5.73. The number of rotatable bonds is 5. The first-order valence-corrected chi connectivity index (χ1v) is 9.15. The van der Waals surface area contributed by atoms with Gasteiger partial charge in [-0.15, -0.1) is 5.26 Å². The molecule has 5 nitrogen and oxygen atoms in total. The molecule has 0 bridgehead atoms. The molecule has 0 aliphatic heterocycles. The Hall–Kier alpha value is -2.22. The molecule has 1 aromatic rings. The number of esters is 1. The van der Waals surface area contributed by atoms with Crippen LogP contribution in [0, 0.1) is 17.4 Å². The highest BCUT2D eigenvalue weighted by Crippen LogP contribution is 2.40. The van der Waals surface area contributed by atoms with Crippen LogP contribution < -0.4 is 9.47 Å². The minimum absolute atomic E-state index is 0.150. The maximum absolute atomic E-state index is 11.7. The van der Waals surface area contributed by atoms with Crippen LogP contribution in [-0.2, 0) is 9.53 Å². The lowest BCUT2D eigenvalue weighted by Gasteiger charge is -2.27. The van der Waals surface area contributed by atoms with Gasteiger partial charge in [0.15, 0.2) is 11.5 Å². The van der Waals surface area contributed by atoms with Crippen LogP contribution in [0.1, 0.15) is 62.8 Å². The quantitative estimate of drug-likeness (QED) is 0.588. The monoisotopic (exact) mass is 343 g/mol. The first-order valence-electron chi connectivity index (χ1n) is 9.15. The van der Waals surface area contributed by atoms with Crippen LogP contribution in [0.15, 0.2) is 18.2 Å². The average molecular weight is 343 g/mol. The van der Waals surface area contributed by atoms with E-state index in [4.69, 9.17) is 14.7 Å². The SMILES string of the molecule is COc1ccc([C@H]2CC[C@@H](C(=O)OC#N)CC2)cc1OC1CCCC1. The summed E-state index contributed by atoms with van der Waals surface area (Å²) in [6.07, 6.45) is 9.81. The zero-order valence-electron chi connectivity index (χ0n) is 14.7. The lowest BCUT2D eigenvalue weighted by Crippen LogP contribution is -2.22. The highest BCUT2D eigenvalue weighted by atomic mass is 16.5. The molecule has 3 rings (SSSR count). The number of nitriles is 1. The van der Waals surface area contributed by atoms with Gasteiger partial charge in [0.2, 0.25) is 0 Å². The molecule has 0 amide bonds. The van der Waals surface area contributed by atoms with Gasteiger partial charge in [0.25, 0.3) is 6.26 Å². The number of nitrogens with zero attached hydrogens (tertiary/aromatic N) is 1. The number of benzene rings is 1. The van der Waals surface area contributed by atoms with Gasteiger partial charge < -0.3 is 14.2 Å². The molecule has 5 heteroatoms. The Morgan fingerprint density at radius 2 is 1.80 bits per heavy atom. The third kappa shape index (κ3) is 4.25. The fourth-order valence-corrected chi connectivity index (χ4v) is 4.02. The lowest BCUT2D eigenvalue weighted by atomic mass is 9.78. The molecule has 0 heterocycles. The van der Waals surface area contributed by atoms with E-state index in [1.54, 1.807) is 7.11 Å². The highest BCUT2D eigenvalue weighted by Gasteiger charge is 2.29. The minimum Gasteiger partial charge on any atom is -0.493 e. The van der Waals surface area contributed by atoms with Crippen LogP contribution in [0.5, 0.6) is 11.5 Å². The second-order valence-corrected chi connectivity index (χ2v) is 7.00. The van der Waals surface area contributed by atoms with Gasteiger partial charge in [-0.05, 0) is 75.0 Å². The molecule has 0 spiro atoms. The molecule has 2 fully saturated rings. The first-order chi connectivity index (χ1) is 12.2. The Morgan fingerprint density at radius 3 is 2.44 bits per heavy atom. The summed E-state index contributed by atoms with van der Waals surface area (Å²) in [5.41, 5.74) is 1.24. The molecule has 0 aromatic heterocycles. The Morgan fingerprint density at radius 1 is 1.08 bits per heavy atom. The number of carbonyl (C=O) groups excluding carboxylic acids is 1. The molecular formula is C20H25NO4. The van der Waals surface area contributed by atoms with Crippen LogP contribution in [0.4, 0.5) is 0 Å². The van der Waals surface area contributed by atoms with Crippen molar-refractivity contribution in [2.24, 2.45) is 5.92 Å². The van der Waals surface area contributed by atoms with E-state index in [1.165, 1.54) is 24.7 Å². The summed E-state index contributed by atoms with van der Waals surface area (Å²) in [5, 5.41) is 8.48. The Labute approximate surface area is 148 Å². The Balaban J connectivity index is 1.66. The number of hydrogen-bond acceptors (Lipinski definition) is 5. The molecule has 2 aliphatic rings. The third-order valence-corrected chi connectivity index (χ3v) is 5.46. The molecule has 0 radical (unpaired) electrons. The summed E-state index contributed by atoms with van der Waals surface area (Å²) in [6.45, 7) is 0. The van der Waals surface area contributed by atoms with Crippen LogP contribution in [0.25, 0.3) is 0 Å². The summed E-state index contributed by atoms with van der Waals surface area (Å²) >= 11 is 0. The van der Waals surface area contributed by atoms with Gasteiger partial charge in [0, 0.05) is 0 Å². The third-order valence-electron chi connectivity index (χ3n) is 5.46. The zero-order valence-corrected chi connectivity index (χ0v) is 14.7. The van der Waals surface area contributed by atoms with Crippen molar-refractivity contribution in [3.05, 3.63) is 23.8 Å². The maximum atomic E-state index is 11.7. The second kappa shape index (κ2) is 8.24. The fourth-order valence-electron chi connectivity index (χ4n) is 4.02. The van der Waals surface area contributed by atoms with Crippen molar-refractivity contribution in [3.8, 4) is 17.8 Å². The van der Waals surface area contributed by atoms with E-state index in [0.717, 1.165) is 50.0 Å². The lowest BCUT2D eigenvalue weighted by molar-refractivity contribution is -0.142. The van der Waals surface area contributed by atoms with E-state index in [0.29, 0.717) is 12.0 Å².